The Morgan fingerprint density at radius 3 is 2.54 bits per heavy atom. The number of rotatable bonds is 10. The second-order valence-corrected chi connectivity index (χ2v) is 5.71. The third-order valence-corrected chi connectivity index (χ3v) is 4.04. The minimum atomic E-state index is -0.232. The van der Waals surface area contributed by atoms with Gasteiger partial charge in [-0.15, -0.1) is 0 Å². The van der Waals surface area contributed by atoms with Crippen LogP contribution in [-0.4, -0.2) is 36.4 Å². The lowest BCUT2D eigenvalue weighted by molar-refractivity contribution is -0.133. The van der Waals surface area contributed by atoms with Gasteiger partial charge in [-0.25, -0.2) is 0 Å². The number of aryl methyl sites for hydroxylation is 1. The normalized spacial score (nSPS) is 11.5. The number of fused-ring (bicyclic) bond motifs is 1. The maximum Gasteiger partial charge on any atom is 0.169 e. The standard InChI is InChI=1S/C19H28N2O3/c1-5-17(22)16-13-21(4)19-14(9-8-10-15(16)19)11-20-12-18(23-6-2)24-7-3/h8-10,13,18,20H,5-7,11-12H2,1-4H3. The molecular formula is C19H28N2O3. The van der Waals surface area contributed by atoms with Crippen molar-refractivity contribution in [2.24, 2.45) is 7.05 Å². The van der Waals surface area contributed by atoms with Crippen molar-refractivity contribution < 1.29 is 14.3 Å². The molecule has 0 fully saturated rings. The number of aromatic nitrogens is 1. The van der Waals surface area contributed by atoms with Gasteiger partial charge in [0.05, 0.1) is 5.52 Å². The molecule has 1 heterocycles. The molecule has 1 aromatic carbocycles. The zero-order valence-electron chi connectivity index (χ0n) is 15.1. The summed E-state index contributed by atoms with van der Waals surface area (Å²) in [5.74, 6) is 0.179. The third-order valence-electron chi connectivity index (χ3n) is 4.04. The Kier molecular flexibility index (Phi) is 6.97. The van der Waals surface area contributed by atoms with Gasteiger partial charge in [-0.3, -0.25) is 4.79 Å². The highest BCUT2D eigenvalue weighted by molar-refractivity contribution is 6.08. The number of hydrogen-bond donors (Lipinski definition) is 1. The molecule has 0 unspecified atom stereocenters. The van der Waals surface area contributed by atoms with Crippen LogP contribution >= 0.6 is 0 Å². The van der Waals surface area contributed by atoms with E-state index in [1.807, 2.05) is 50.7 Å². The van der Waals surface area contributed by atoms with E-state index in [9.17, 15) is 4.79 Å². The number of benzene rings is 1. The highest BCUT2D eigenvalue weighted by Crippen LogP contribution is 2.25. The Labute approximate surface area is 143 Å². The summed E-state index contributed by atoms with van der Waals surface area (Å²) in [5, 5.41) is 4.42. The predicted octanol–water partition coefficient (Wildman–Crippen LogP) is 3.26. The van der Waals surface area contributed by atoms with Gasteiger partial charge < -0.3 is 19.4 Å². The molecule has 0 radical (unpaired) electrons. The number of para-hydroxylation sites is 1. The monoisotopic (exact) mass is 332 g/mol. The van der Waals surface area contributed by atoms with Crippen molar-refractivity contribution in [2.45, 2.75) is 40.0 Å². The van der Waals surface area contributed by atoms with E-state index in [0.29, 0.717) is 32.7 Å². The van der Waals surface area contributed by atoms with Gasteiger partial charge in [-0.2, -0.15) is 0 Å². The molecule has 0 spiro atoms. The van der Waals surface area contributed by atoms with Crippen LogP contribution in [0, 0.1) is 0 Å². The van der Waals surface area contributed by atoms with Crippen molar-refractivity contribution in [1.29, 1.82) is 0 Å². The number of nitrogens with zero attached hydrogens (tertiary/aromatic N) is 1. The summed E-state index contributed by atoms with van der Waals surface area (Å²) in [7, 11) is 1.99. The van der Waals surface area contributed by atoms with Gasteiger partial charge in [0.15, 0.2) is 12.1 Å². The molecule has 0 aliphatic heterocycles. The first kappa shape index (κ1) is 18.6. The molecule has 0 amide bonds. The van der Waals surface area contributed by atoms with Crippen LogP contribution in [-0.2, 0) is 23.1 Å². The SMILES string of the molecule is CCOC(CNCc1cccc2c(C(=O)CC)cn(C)c12)OCC. The number of hydrogen-bond acceptors (Lipinski definition) is 4. The number of ketones is 1. The zero-order valence-corrected chi connectivity index (χ0v) is 15.1. The first-order valence-electron chi connectivity index (χ1n) is 8.66. The van der Waals surface area contributed by atoms with Crippen LogP contribution in [0.2, 0.25) is 0 Å². The van der Waals surface area contributed by atoms with Crippen LogP contribution in [0.3, 0.4) is 0 Å². The lowest BCUT2D eigenvalue weighted by Crippen LogP contribution is -2.31. The third kappa shape index (κ3) is 4.23. The lowest BCUT2D eigenvalue weighted by atomic mass is 10.1. The second-order valence-electron chi connectivity index (χ2n) is 5.71. The number of Topliss-reactive ketones (excluding diaryl/α,β-unsaturated/α-hetero) is 1. The van der Waals surface area contributed by atoms with Crippen molar-refractivity contribution in [3.63, 3.8) is 0 Å². The molecule has 24 heavy (non-hydrogen) atoms. The van der Waals surface area contributed by atoms with Gasteiger partial charge in [0.1, 0.15) is 0 Å². The molecule has 0 aliphatic rings. The van der Waals surface area contributed by atoms with Gasteiger partial charge in [-0.1, -0.05) is 25.1 Å². The van der Waals surface area contributed by atoms with Gasteiger partial charge >= 0.3 is 0 Å². The summed E-state index contributed by atoms with van der Waals surface area (Å²) in [6.45, 7) is 8.40. The Hall–Kier alpha value is -1.69. The van der Waals surface area contributed by atoms with Crippen LogP contribution in [0.25, 0.3) is 10.9 Å². The highest BCUT2D eigenvalue weighted by Gasteiger charge is 2.15. The van der Waals surface area contributed by atoms with E-state index in [2.05, 4.69) is 11.4 Å². The number of ether oxygens (including phenoxy) is 2. The van der Waals surface area contributed by atoms with E-state index in [0.717, 1.165) is 22.0 Å². The average Bonchev–Trinajstić information content (AvgIpc) is 2.92. The van der Waals surface area contributed by atoms with Gasteiger partial charge in [-0.05, 0) is 19.4 Å². The topological polar surface area (TPSA) is 52.5 Å². The first-order chi connectivity index (χ1) is 11.6. The summed E-state index contributed by atoms with van der Waals surface area (Å²) in [6, 6.07) is 6.12. The Balaban J connectivity index is 2.15. The van der Waals surface area contributed by atoms with Crippen LogP contribution in [0.4, 0.5) is 0 Å². The number of nitrogens with one attached hydrogen (secondary N) is 1. The van der Waals surface area contributed by atoms with Crippen molar-refractivity contribution in [3.05, 3.63) is 35.5 Å². The second kappa shape index (κ2) is 8.97. The molecule has 0 saturated carbocycles. The summed E-state index contributed by atoms with van der Waals surface area (Å²) in [6.07, 6.45) is 2.22. The van der Waals surface area contributed by atoms with Crippen LogP contribution in [0.5, 0.6) is 0 Å². The first-order valence-corrected chi connectivity index (χ1v) is 8.66. The highest BCUT2D eigenvalue weighted by atomic mass is 16.7. The molecule has 1 aromatic heterocycles. The Morgan fingerprint density at radius 1 is 1.21 bits per heavy atom. The largest absolute Gasteiger partial charge is 0.352 e. The fraction of sp³-hybridized carbons (Fsp3) is 0.526. The van der Waals surface area contributed by atoms with E-state index in [1.54, 1.807) is 0 Å². The molecule has 5 heteroatoms. The fourth-order valence-corrected chi connectivity index (χ4v) is 2.97. The zero-order chi connectivity index (χ0) is 17.5. The maximum atomic E-state index is 12.1. The van der Waals surface area contributed by atoms with Gasteiger partial charge in [0.25, 0.3) is 0 Å². The molecule has 0 aliphatic carbocycles. The molecule has 2 aromatic rings. The van der Waals surface area contributed by atoms with Crippen LogP contribution in [0.1, 0.15) is 43.1 Å². The van der Waals surface area contributed by atoms with E-state index < -0.39 is 0 Å². The molecule has 0 saturated heterocycles. The lowest BCUT2D eigenvalue weighted by Gasteiger charge is -2.17. The summed E-state index contributed by atoms with van der Waals surface area (Å²) >= 11 is 0. The Bertz CT molecular complexity index is 673. The number of carbonyl (C=O) groups excluding carboxylic acids is 1. The smallest absolute Gasteiger partial charge is 0.169 e. The minimum Gasteiger partial charge on any atom is -0.352 e. The molecular weight excluding hydrogens is 304 g/mol. The molecule has 0 bridgehead atoms. The summed E-state index contributed by atoms with van der Waals surface area (Å²) in [4.78, 5) is 12.1. The van der Waals surface area contributed by atoms with Crippen molar-refractivity contribution in [3.8, 4) is 0 Å². The minimum absolute atomic E-state index is 0.179. The molecule has 5 nitrogen and oxygen atoms in total. The van der Waals surface area contributed by atoms with Gasteiger partial charge in [0, 0.05) is 56.9 Å². The van der Waals surface area contributed by atoms with Crippen molar-refractivity contribution in [2.75, 3.05) is 19.8 Å². The van der Waals surface area contributed by atoms with E-state index >= 15 is 0 Å². The number of carbonyl (C=O) groups is 1. The van der Waals surface area contributed by atoms with Crippen LogP contribution in [0.15, 0.2) is 24.4 Å². The average molecular weight is 332 g/mol. The molecule has 1 N–H and O–H groups in total. The summed E-state index contributed by atoms with van der Waals surface area (Å²) < 4.78 is 13.1. The quantitative estimate of drug-likeness (QED) is 0.536. The maximum absolute atomic E-state index is 12.1. The molecule has 2 rings (SSSR count). The Morgan fingerprint density at radius 2 is 1.92 bits per heavy atom. The van der Waals surface area contributed by atoms with E-state index in [-0.39, 0.29) is 12.1 Å². The van der Waals surface area contributed by atoms with Crippen LogP contribution < -0.4 is 5.32 Å². The molecule has 0 atom stereocenters. The molecule has 132 valence electrons. The summed E-state index contributed by atoms with van der Waals surface area (Å²) in [5.41, 5.74) is 3.07. The predicted molar refractivity (Wildman–Crippen MR) is 96.3 cm³/mol. The van der Waals surface area contributed by atoms with Crippen molar-refractivity contribution >= 4 is 16.7 Å². The van der Waals surface area contributed by atoms with E-state index in [4.69, 9.17) is 9.47 Å². The fourth-order valence-electron chi connectivity index (χ4n) is 2.97. The van der Waals surface area contributed by atoms with E-state index in [1.165, 1.54) is 0 Å². The van der Waals surface area contributed by atoms with Gasteiger partial charge in [0.2, 0.25) is 0 Å². The van der Waals surface area contributed by atoms with Crippen molar-refractivity contribution in [1.82, 2.24) is 9.88 Å².